The van der Waals surface area contributed by atoms with Crippen LogP contribution in [0.3, 0.4) is 0 Å². The van der Waals surface area contributed by atoms with Crippen LogP contribution in [0.1, 0.15) is 52.1 Å². The molecule has 2 unspecified atom stereocenters. The van der Waals surface area contributed by atoms with E-state index in [2.05, 4.69) is 68.2 Å². The first-order chi connectivity index (χ1) is 8.97. The molecule has 0 aromatic heterocycles. The Morgan fingerprint density at radius 3 is 2.47 bits per heavy atom. The predicted octanol–water partition coefficient (Wildman–Crippen LogP) is 3.60. The molecule has 2 nitrogen and oxygen atoms in total. The first-order valence-corrected chi connectivity index (χ1v) is 7.53. The molecular formula is C17H28N2. The molecule has 0 radical (unpaired) electrons. The van der Waals surface area contributed by atoms with Gasteiger partial charge in [-0.1, -0.05) is 30.3 Å². The van der Waals surface area contributed by atoms with Crippen molar-refractivity contribution in [3.63, 3.8) is 0 Å². The number of nitrogens with one attached hydrogen (secondary N) is 1. The van der Waals surface area contributed by atoms with E-state index in [4.69, 9.17) is 0 Å². The van der Waals surface area contributed by atoms with Gasteiger partial charge in [-0.2, -0.15) is 0 Å². The average Bonchev–Trinajstić information content (AvgIpc) is 2.76. The van der Waals surface area contributed by atoms with Gasteiger partial charge in [0.05, 0.1) is 0 Å². The summed E-state index contributed by atoms with van der Waals surface area (Å²) in [6.07, 6.45) is 2.67. The fourth-order valence-corrected chi connectivity index (χ4v) is 2.92. The highest BCUT2D eigenvalue weighted by atomic mass is 15.2. The van der Waals surface area contributed by atoms with Crippen molar-refractivity contribution in [2.45, 2.75) is 58.2 Å². The third kappa shape index (κ3) is 4.05. The zero-order valence-corrected chi connectivity index (χ0v) is 12.8. The molecule has 0 saturated carbocycles. The fourth-order valence-electron chi connectivity index (χ4n) is 2.92. The summed E-state index contributed by atoms with van der Waals surface area (Å²) in [6.45, 7) is 11.3. The van der Waals surface area contributed by atoms with Crippen LogP contribution in [0.15, 0.2) is 30.3 Å². The first-order valence-electron chi connectivity index (χ1n) is 7.53. The van der Waals surface area contributed by atoms with Crippen molar-refractivity contribution in [3.8, 4) is 0 Å². The van der Waals surface area contributed by atoms with E-state index in [-0.39, 0.29) is 5.54 Å². The van der Waals surface area contributed by atoms with E-state index >= 15 is 0 Å². The van der Waals surface area contributed by atoms with Crippen LogP contribution >= 0.6 is 0 Å². The molecule has 106 valence electrons. The number of likely N-dealkylation sites (tertiary alicyclic amines) is 1. The van der Waals surface area contributed by atoms with Crippen LogP contribution in [-0.2, 0) is 0 Å². The summed E-state index contributed by atoms with van der Waals surface area (Å²) in [6, 6.07) is 12.1. The van der Waals surface area contributed by atoms with Crippen LogP contribution in [0.2, 0.25) is 0 Å². The molecule has 1 N–H and O–H groups in total. The second kappa shape index (κ2) is 6.06. The minimum Gasteiger partial charge on any atom is -0.310 e. The minimum atomic E-state index is 0.177. The molecule has 1 aromatic carbocycles. The van der Waals surface area contributed by atoms with E-state index < -0.39 is 0 Å². The third-order valence-corrected chi connectivity index (χ3v) is 4.01. The van der Waals surface area contributed by atoms with Gasteiger partial charge >= 0.3 is 0 Å². The SMILES string of the molecule is CC1CCCN1C(CNC(C)(C)C)c1ccccc1. The Labute approximate surface area is 118 Å². The quantitative estimate of drug-likeness (QED) is 0.890. The van der Waals surface area contributed by atoms with Gasteiger partial charge in [-0.25, -0.2) is 0 Å². The van der Waals surface area contributed by atoms with Crippen LogP contribution in [-0.4, -0.2) is 29.6 Å². The highest BCUT2D eigenvalue weighted by Crippen LogP contribution is 2.29. The summed E-state index contributed by atoms with van der Waals surface area (Å²) in [5, 5.41) is 3.68. The van der Waals surface area contributed by atoms with Gasteiger partial charge in [0.15, 0.2) is 0 Å². The molecule has 2 rings (SSSR count). The number of hydrogen-bond donors (Lipinski definition) is 1. The molecule has 2 heteroatoms. The van der Waals surface area contributed by atoms with Crippen molar-refractivity contribution in [1.82, 2.24) is 10.2 Å². The first kappa shape index (κ1) is 14.5. The standard InChI is InChI=1S/C17H28N2/c1-14-9-8-12-19(14)16(13-18-17(2,3)4)15-10-6-5-7-11-15/h5-7,10-11,14,16,18H,8-9,12-13H2,1-4H3. The topological polar surface area (TPSA) is 15.3 Å². The van der Waals surface area contributed by atoms with E-state index in [1.165, 1.54) is 24.9 Å². The molecule has 1 aliphatic rings. The fraction of sp³-hybridized carbons (Fsp3) is 0.647. The number of rotatable bonds is 4. The molecule has 0 amide bonds. The molecular weight excluding hydrogens is 232 g/mol. The maximum atomic E-state index is 3.68. The van der Waals surface area contributed by atoms with Gasteiger partial charge in [0, 0.05) is 24.2 Å². The van der Waals surface area contributed by atoms with Crippen LogP contribution in [0.4, 0.5) is 0 Å². The van der Waals surface area contributed by atoms with Gasteiger partial charge in [0.1, 0.15) is 0 Å². The second-order valence-corrected chi connectivity index (χ2v) is 6.79. The van der Waals surface area contributed by atoms with Crippen molar-refractivity contribution < 1.29 is 0 Å². The van der Waals surface area contributed by atoms with Gasteiger partial charge in [0.25, 0.3) is 0 Å². The zero-order chi connectivity index (χ0) is 13.9. The van der Waals surface area contributed by atoms with Gasteiger partial charge in [0.2, 0.25) is 0 Å². The summed E-state index contributed by atoms with van der Waals surface area (Å²) in [5.74, 6) is 0. The summed E-state index contributed by atoms with van der Waals surface area (Å²) < 4.78 is 0. The van der Waals surface area contributed by atoms with Gasteiger partial charge in [-0.15, -0.1) is 0 Å². The van der Waals surface area contributed by atoms with Gasteiger partial charge < -0.3 is 5.32 Å². The summed E-state index contributed by atoms with van der Waals surface area (Å²) >= 11 is 0. The normalized spacial score (nSPS) is 22.6. The highest BCUT2D eigenvalue weighted by molar-refractivity contribution is 5.20. The Morgan fingerprint density at radius 2 is 1.95 bits per heavy atom. The average molecular weight is 260 g/mol. The molecule has 0 bridgehead atoms. The summed E-state index contributed by atoms with van der Waals surface area (Å²) in [4.78, 5) is 2.66. The smallest absolute Gasteiger partial charge is 0.0475 e. The number of benzene rings is 1. The molecule has 1 aliphatic heterocycles. The lowest BCUT2D eigenvalue weighted by Crippen LogP contribution is -2.44. The van der Waals surface area contributed by atoms with Crippen molar-refractivity contribution in [2.75, 3.05) is 13.1 Å². The summed E-state index contributed by atoms with van der Waals surface area (Å²) in [7, 11) is 0. The number of nitrogens with zero attached hydrogens (tertiary/aromatic N) is 1. The maximum Gasteiger partial charge on any atom is 0.0475 e. The van der Waals surface area contributed by atoms with Crippen molar-refractivity contribution in [1.29, 1.82) is 0 Å². The molecule has 1 aromatic rings. The van der Waals surface area contributed by atoms with E-state index in [1.807, 2.05) is 0 Å². The van der Waals surface area contributed by atoms with Crippen LogP contribution < -0.4 is 5.32 Å². The molecule has 0 spiro atoms. The van der Waals surface area contributed by atoms with Gasteiger partial charge in [-0.05, 0) is 52.6 Å². The Balaban J connectivity index is 2.13. The Hall–Kier alpha value is -0.860. The van der Waals surface area contributed by atoms with Crippen LogP contribution in [0.25, 0.3) is 0 Å². The largest absolute Gasteiger partial charge is 0.310 e. The Bertz CT molecular complexity index is 380. The van der Waals surface area contributed by atoms with Crippen molar-refractivity contribution >= 4 is 0 Å². The van der Waals surface area contributed by atoms with E-state index in [1.54, 1.807) is 0 Å². The van der Waals surface area contributed by atoms with Crippen molar-refractivity contribution in [2.24, 2.45) is 0 Å². The maximum absolute atomic E-state index is 3.68. The lowest BCUT2D eigenvalue weighted by molar-refractivity contribution is 0.177. The van der Waals surface area contributed by atoms with Crippen LogP contribution in [0.5, 0.6) is 0 Å². The molecule has 1 saturated heterocycles. The minimum absolute atomic E-state index is 0.177. The molecule has 0 aliphatic carbocycles. The third-order valence-electron chi connectivity index (χ3n) is 4.01. The summed E-state index contributed by atoms with van der Waals surface area (Å²) in [5.41, 5.74) is 1.61. The van der Waals surface area contributed by atoms with Gasteiger partial charge in [-0.3, -0.25) is 4.90 Å². The van der Waals surface area contributed by atoms with E-state index in [0.29, 0.717) is 12.1 Å². The Kier molecular flexibility index (Phi) is 4.64. The molecule has 1 fully saturated rings. The predicted molar refractivity (Wildman–Crippen MR) is 82.3 cm³/mol. The van der Waals surface area contributed by atoms with Crippen LogP contribution in [0, 0.1) is 0 Å². The lowest BCUT2D eigenvalue weighted by Gasteiger charge is -2.34. The molecule has 19 heavy (non-hydrogen) atoms. The lowest BCUT2D eigenvalue weighted by atomic mass is 10.0. The molecule has 1 heterocycles. The monoisotopic (exact) mass is 260 g/mol. The van der Waals surface area contributed by atoms with Crippen molar-refractivity contribution in [3.05, 3.63) is 35.9 Å². The Morgan fingerprint density at radius 1 is 1.26 bits per heavy atom. The number of hydrogen-bond acceptors (Lipinski definition) is 2. The van der Waals surface area contributed by atoms with E-state index in [0.717, 1.165) is 6.54 Å². The zero-order valence-electron chi connectivity index (χ0n) is 12.8. The van der Waals surface area contributed by atoms with E-state index in [9.17, 15) is 0 Å². The highest BCUT2D eigenvalue weighted by Gasteiger charge is 2.29. The molecule has 2 atom stereocenters. The second-order valence-electron chi connectivity index (χ2n) is 6.79.